The van der Waals surface area contributed by atoms with E-state index in [2.05, 4.69) is 15.3 Å². The lowest BCUT2D eigenvalue weighted by atomic mass is 10.1. The van der Waals surface area contributed by atoms with Gasteiger partial charge in [-0.05, 0) is 42.0 Å². The van der Waals surface area contributed by atoms with Gasteiger partial charge in [0.2, 0.25) is 0 Å². The average Bonchev–Trinajstić information content (AvgIpc) is 2.49. The number of rotatable bonds is 4. The fourth-order valence-corrected chi connectivity index (χ4v) is 1.65. The van der Waals surface area contributed by atoms with Crippen LogP contribution in [0.1, 0.15) is 15.9 Å². The Labute approximate surface area is 122 Å². The Hall–Kier alpha value is -2.33. The van der Waals surface area contributed by atoms with Crippen LogP contribution in [0.4, 0.5) is 5.69 Å². The van der Waals surface area contributed by atoms with Gasteiger partial charge in [0.25, 0.3) is 0 Å². The Bertz CT molecular complexity index is 607. The van der Waals surface area contributed by atoms with Gasteiger partial charge in [0.05, 0.1) is 24.6 Å². The molecule has 1 N–H and O–H groups in total. The number of esters is 1. The average molecular weight is 289 g/mol. The van der Waals surface area contributed by atoms with E-state index in [4.69, 9.17) is 11.6 Å². The molecule has 0 radical (unpaired) electrons. The Morgan fingerprint density at radius 3 is 2.40 bits per heavy atom. The first-order chi connectivity index (χ1) is 9.69. The third-order valence-electron chi connectivity index (χ3n) is 2.58. The number of carbonyl (C=O) groups excluding carboxylic acids is 1. The van der Waals surface area contributed by atoms with Gasteiger partial charge < -0.3 is 4.74 Å². The second kappa shape index (κ2) is 6.73. The summed E-state index contributed by atoms with van der Waals surface area (Å²) in [5.41, 5.74) is 5.12. The number of nitrogens with zero attached hydrogens (tertiary/aromatic N) is 1. The third-order valence-corrected chi connectivity index (χ3v) is 2.84. The van der Waals surface area contributed by atoms with E-state index in [1.54, 1.807) is 42.6 Å². The van der Waals surface area contributed by atoms with Crippen molar-refractivity contribution in [2.45, 2.75) is 0 Å². The normalized spacial score (nSPS) is 10.5. The molecule has 0 unspecified atom stereocenters. The van der Waals surface area contributed by atoms with Gasteiger partial charge in [-0.2, -0.15) is 5.10 Å². The first-order valence-corrected chi connectivity index (χ1v) is 6.30. The largest absolute Gasteiger partial charge is 0.465 e. The zero-order valence-electron chi connectivity index (χ0n) is 10.8. The Morgan fingerprint density at radius 2 is 1.80 bits per heavy atom. The fourth-order valence-electron chi connectivity index (χ4n) is 1.53. The van der Waals surface area contributed by atoms with Gasteiger partial charge in [0.1, 0.15) is 0 Å². The molecule has 0 amide bonds. The number of benzene rings is 2. The van der Waals surface area contributed by atoms with Crippen molar-refractivity contribution < 1.29 is 9.53 Å². The van der Waals surface area contributed by atoms with E-state index in [0.717, 1.165) is 11.3 Å². The van der Waals surface area contributed by atoms with Crippen LogP contribution < -0.4 is 5.43 Å². The molecular formula is C15H13ClN2O2. The number of hydrazone groups is 1. The smallest absolute Gasteiger partial charge is 0.337 e. The van der Waals surface area contributed by atoms with Crippen molar-refractivity contribution in [3.05, 3.63) is 64.7 Å². The minimum Gasteiger partial charge on any atom is -0.465 e. The molecule has 0 fully saturated rings. The van der Waals surface area contributed by atoms with Gasteiger partial charge in [0, 0.05) is 5.02 Å². The predicted molar refractivity (Wildman–Crippen MR) is 80.5 cm³/mol. The summed E-state index contributed by atoms with van der Waals surface area (Å²) < 4.78 is 4.63. The zero-order valence-corrected chi connectivity index (χ0v) is 11.6. The van der Waals surface area contributed by atoms with E-state index in [9.17, 15) is 4.79 Å². The van der Waals surface area contributed by atoms with Crippen LogP contribution in [0.5, 0.6) is 0 Å². The van der Waals surface area contributed by atoms with Crippen LogP contribution in [-0.2, 0) is 4.74 Å². The van der Waals surface area contributed by atoms with Crippen LogP contribution in [0.25, 0.3) is 0 Å². The van der Waals surface area contributed by atoms with E-state index in [1.165, 1.54) is 7.11 Å². The summed E-state index contributed by atoms with van der Waals surface area (Å²) >= 11 is 5.79. The number of hydrogen-bond donors (Lipinski definition) is 1. The monoisotopic (exact) mass is 288 g/mol. The third kappa shape index (κ3) is 3.83. The van der Waals surface area contributed by atoms with E-state index < -0.39 is 0 Å². The summed E-state index contributed by atoms with van der Waals surface area (Å²) in [6, 6.07) is 14.2. The highest BCUT2D eigenvalue weighted by Gasteiger charge is 2.03. The Kier molecular flexibility index (Phi) is 4.74. The molecule has 2 aromatic rings. The van der Waals surface area contributed by atoms with Crippen molar-refractivity contribution in [2.24, 2.45) is 5.10 Å². The van der Waals surface area contributed by atoms with E-state index >= 15 is 0 Å². The summed E-state index contributed by atoms with van der Waals surface area (Å²) in [7, 11) is 1.35. The molecule has 20 heavy (non-hydrogen) atoms. The van der Waals surface area contributed by atoms with Crippen LogP contribution in [0.3, 0.4) is 0 Å². The lowest BCUT2D eigenvalue weighted by molar-refractivity contribution is 0.0601. The highest BCUT2D eigenvalue weighted by Crippen LogP contribution is 2.13. The van der Waals surface area contributed by atoms with Crippen LogP contribution in [-0.4, -0.2) is 19.3 Å². The molecular weight excluding hydrogens is 276 g/mol. The molecule has 4 nitrogen and oxygen atoms in total. The molecule has 0 spiro atoms. The van der Waals surface area contributed by atoms with Gasteiger partial charge in [-0.1, -0.05) is 23.7 Å². The molecule has 102 valence electrons. The number of carbonyl (C=O) groups is 1. The molecule has 0 atom stereocenters. The minimum absolute atomic E-state index is 0.354. The summed E-state index contributed by atoms with van der Waals surface area (Å²) in [4.78, 5) is 11.3. The van der Waals surface area contributed by atoms with Crippen LogP contribution in [0.2, 0.25) is 5.02 Å². The molecule has 0 aliphatic rings. The number of nitrogens with one attached hydrogen (secondary N) is 1. The molecule has 0 aromatic heterocycles. The molecule has 0 bridgehead atoms. The van der Waals surface area contributed by atoms with Crippen LogP contribution >= 0.6 is 11.6 Å². The SMILES string of the molecule is COC(=O)c1ccc(C=NNc2ccc(Cl)cc2)cc1. The molecule has 0 saturated carbocycles. The first kappa shape index (κ1) is 14.1. The highest BCUT2D eigenvalue weighted by atomic mass is 35.5. The maximum absolute atomic E-state index is 11.3. The van der Waals surface area contributed by atoms with E-state index in [-0.39, 0.29) is 5.97 Å². The summed E-state index contributed by atoms with van der Waals surface area (Å²) in [6.45, 7) is 0. The second-order valence-corrected chi connectivity index (χ2v) is 4.43. The molecule has 0 aliphatic carbocycles. The topological polar surface area (TPSA) is 50.7 Å². The molecule has 2 rings (SSSR count). The maximum atomic E-state index is 11.3. The number of anilines is 1. The molecule has 5 heteroatoms. The molecule has 2 aromatic carbocycles. The summed E-state index contributed by atoms with van der Waals surface area (Å²) in [5.74, 6) is -0.354. The molecule has 0 heterocycles. The standard InChI is InChI=1S/C15H13ClN2O2/c1-20-15(19)12-4-2-11(3-5-12)10-17-18-14-8-6-13(16)7-9-14/h2-10,18H,1H3. The molecule has 0 saturated heterocycles. The van der Waals surface area contributed by atoms with Gasteiger partial charge in [0.15, 0.2) is 0 Å². The van der Waals surface area contributed by atoms with Crippen molar-refractivity contribution in [2.75, 3.05) is 12.5 Å². The number of methoxy groups -OCH3 is 1. The number of ether oxygens (including phenoxy) is 1. The molecule has 0 aliphatic heterocycles. The van der Waals surface area contributed by atoms with Gasteiger partial charge >= 0.3 is 5.97 Å². The lowest BCUT2D eigenvalue weighted by Gasteiger charge is -2.01. The van der Waals surface area contributed by atoms with Crippen molar-refractivity contribution >= 4 is 29.5 Å². The Morgan fingerprint density at radius 1 is 1.15 bits per heavy atom. The van der Waals surface area contributed by atoms with Gasteiger partial charge in [-0.15, -0.1) is 0 Å². The second-order valence-electron chi connectivity index (χ2n) is 3.99. The predicted octanol–water partition coefficient (Wildman–Crippen LogP) is 3.57. The van der Waals surface area contributed by atoms with Gasteiger partial charge in [-0.3, -0.25) is 5.43 Å². The lowest BCUT2D eigenvalue weighted by Crippen LogP contribution is -2.00. The summed E-state index contributed by atoms with van der Waals surface area (Å²) in [6.07, 6.45) is 1.66. The zero-order chi connectivity index (χ0) is 14.4. The van der Waals surface area contributed by atoms with Crippen LogP contribution in [0.15, 0.2) is 53.6 Å². The van der Waals surface area contributed by atoms with Crippen LogP contribution in [0, 0.1) is 0 Å². The minimum atomic E-state index is -0.354. The Balaban J connectivity index is 1.97. The van der Waals surface area contributed by atoms with Gasteiger partial charge in [-0.25, -0.2) is 4.79 Å². The number of hydrogen-bond acceptors (Lipinski definition) is 4. The quantitative estimate of drug-likeness (QED) is 0.531. The maximum Gasteiger partial charge on any atom is 0.337 e. The number of halogens is 1. The summed E-state index contributed by atoms with van der Waals surface area (Å²) in [5, 5.41) is 4.78. The first-order valence-electron chi connectivity index (χ1n) is 5.92. The van der Waals surface area contributed by atoms with E-state index in [0.29, 0.717) is 10.6 Å². The van der Waals surface area contributed by atoms with Crippen molar-refractivity contribution in [1.82, 2.24) is 0 Å². The van der Waals surface area contributed by atoms with Crippen molar-refractivity contribution in [3.63, 3.8) is 0 Å². The van der Waals surface area contributed by atoms with E-state index in [1.807, 2.05) is 12.1 Å². The van der Waals surface area contributed by atoms with Crippen molar-refractivity contribution in [3.8, 4) is 0 Å². The van der Waals surface area contributed by atoms with Crippen molar-refractivity contribution in [1.29, 1.82) is 0 Å². The fraction of sp³-hybridized carbons (Fsp3) is 0.0667. The highest BCUT2D eigenvalue weighted by molar-refractivity contribution is 6.30.